The monoisotopic (exact) mass is 476 g/mol. The van der Waals surface area contributed by atoms with Gasteiger partial charge >= 0.3 is 5.97 Å². The fraction of sp³-hybridized carbons (Fsp3) is 0.667. The molecule has 13 nitrogen and oxygen atoms in total. The first-order valence-electron chi connectivity index (χ1n) is 9.90. The highest BCUT2D eigenvalue weighted by molar-refractivity contribution is 7.80. The molecular formula is C18H32N6O7S. The predicted molar refractivity (Wildman–Crippen MR) is 117 cm³/mol. The van der Waals surface area contributed by atoms with Crippen molar-refractivity contribution in [1.29, 1.82) is 0 Å². The molecule has 0 spiro atoms. The Morgan fingerprint density at radius 1 is 0.875 bits per heavy atom. The molecule has 32 heavy (non-hydrogen) atoms. The van der Waals surface area contributed by atoms with Crippen LogP contribution in [0.2, 0.25) is 0 Å². The van der Waals surface area contributed by atoms with Crippen LogP contribution in [0.4, 0.5) is 0 Å². The van der Waals surface area contributed by atoms with Crippen LogP contribution in [0.5, 0.6) is 0 Å². The first-order valence-corrected chi connectivity index (χ1v) is 10.5. The van der Waals surface area contributed by atoms with Gasteiger partial charge in [0.15, 0.2) is 0 Å². The van der Waals surface area contributed by atoms with Crippen LogP contribution in [0.15, 0.2) is 0 Å². The molecule has 0 fully saturated rings. The van der Waals surface area contributed by atoms with Crippen molar-refractivity contribution in [2.24, 2.45) is 23.1 Å². The minimum absolute atomic E-state index is 0.131. The molecule has 0 aliphatic rings. The Labute approximate surface area is 191 Å². The number of hydrogen-bond acceptors (Lipinski definition) is 8. The van der Waals surface area contributed by atoms with Crippen LogP contribution in [0.3, 0.4) is 0 Å². The van der Waals surface area contributed by atoms with Gasteiger partial charge in [-0.25, -0.2) is 4.79 Å². The molecule has 0 aliphatic carbocycles. The summed E-state index contributed by atoms with van der Waals surface area (Å²) in [6.07, 6.45) is -0.601. The first-order chi connectivity index (χ1) is 14.8. The van der Waals surface area contributed by atoms with Crippen LogP contribution in [0, 0.1) is 5.92 Å². The molecule has 5 amide bonds. The molecule has 0 heterocycles. The zero-order valence-corrected chi connectivity index (χ0v) is 18.9. The van der Waals surface area contributed by atoms with Crippen LogP contribution in [-0.4, -0.2) is 70.5 Å². The highest BCUT2D eigenvalue weighted by Crippen LogP contribution is 2.06. The third-order valence-electron chi connectivity index (χ3n) is 4.71. The molecule has 182 valence electrons. The van der Waals surface area contributed by atoms with E-state index in [1.54, 1.807) is 6.92 Å². The van der Waals surface area contributed by atoms with Gasteiger partial charge in [0.25, 0.3) is 0 Å². The van der Waals surface area contributed by atoms with E-state index >= 15 is 0 Å². The minimum atomic E-state index is -1.64. The van der Waals surface area contributed by atoms with Gasteiger partial charge < -0.3 is 38.3 Å². The highest BCUT2D eigenvalue weighted by Gasteiger charge is 2.31. The number of carbonyl (C=O) groups is 6. The summed E-state index contributed by atoms with van der Waals surface area (Å²) in [6.45, 7) is 3.63. The molecule has 0 aromatic carbocycles. The fourth-order valence-corrected chi connectivity index (χ4v) is 2.73. The Morgan fingerprint density at radius 2 is 1.38 bits per heavy atom. The summed E-state index contributed by atoms with van der Waals surface area (Å²) in [4.78, 5) is 70.8. The lowest BCUT2D eigenvalue weighted by Crippen LogP contribution is -2.58. The van der Waals surface area contributed by atoms with Crippen LogP contribution < -0.4 is 33.2 Å². The van der Waals surface area contributed by atoms with Crippen LogP contribution >= 0.6 is 12.6 Å². The number of rotatable bonds is 15. The van der Waals surface area contributed by atoms with Crippen molar-refractivity contribution < 1.29 is 33.9 Å². The normalized spacial score (nSPS) is 15.4. The van der Waals surface area contributed by atoms with Crippen molar-refractivity contribution in [3.05, 3.63) is 0 Å². The van der Waals surface area contributed by atoms with E-state index in [2.05, 4.69) is 28.6 Å². The average Bonchev–Trinajstić information content (AvgIpc) is 2.71. The Balaban J connectivity index is 5.39. The van der Waals surface area contributed by atoms with Gasteiger partial charge in [-0.2, -0.15) is 12.6 Å². The maximum absolute atomic E-state index is 12.6. The van der Waals surface area contributed by atoms with E-state index in [-0.39, 0.29) is 24.5 Å². The Bertz CT molecular complexity index is 720. The topological polar surface area (TPSA) is 237 Å². The number of carboxylic acids is 1. The lowest BCUT2D eigenvalue weighted by molar-refractivity contribution is -0.144. The molecule has 0 radical (unpaired) electrons. The van der Waals surface area contributed by atoms with Crippen molar-refractivity contribution in [1.82, 2.24) is 16.0 Å². The molecule has 0 saturated heterocycles. The second kappa shape index (κ2) is 14.2. The summed E-state index contributed by atoms with van der Waals surface area (Å²) < 4.78 is 0. The van der Waals surface area contributed by atoms with Crippen molar-refractivity contribution in [2.75, 3.05) is 5.75 Å². The molecule has 0 aliphatic heterocycles. The number of primary amides is 2. The van der Waals surface area contributed by atoms with E-state index in [1.807, 2.05) is 6.92 Å². The number of amides is 5. The maximum Gasteiger partial charge on any atom is 0.326 e. The first kappa shape index (κ1) is 29.1. The molecule has 0 aromatic rings. The summed E-state index contributed by atoms with van der Waals surface area (Å²) in [5.74, 6) is -5.89. The summed E-state index contributed by atoms with van der Waals surface area (Å²) in [6, 6.07) is -5.05. The van der Waals surface area contributed by atoms with E-state index in [0.29, 0.717) is 6.42 Å². The quantitative estimate of drug-likeness (QED) is 0.113. The van der Waals surface area contributed by atoms with Gasteiger partial charge in [-0.1, -0.05) is 20.3 Å². The number of thiol groups is 1. The van der Waals surface area contributed by atoms with E-state index in [4.69, 9.17) is 22.3 Å². The number of nitrogens with two attached hydrogens (primary N) is 3. The van der Waals surface area contributed by atoms with Crippen molar-refractivity contribution in [2.45, 2.75) is 63.7 Å². The summed E-state index contributed by atoms with van der Waals surface area (Å²) in [5.41, 5.74) is 15.9. The number of nitrogens with one attached hydrogen (secondary N) is 3. The summed E-state index contributed by atoms with van der Waals surface area (Å²) in [5, 5.41) is 16.0. The third-order valence-corrected chi connectivity index (χ3v) is 5.07. The second-order valence-corrected chi connectivity index (χ2v) is 7.66. The maximum atomic E-state index is 12.6. The van der Waals surface area contributed by atoms with Crippen molar-refractivity contribution in [3.63, 3.8) is 0 Å². The van der Waals surface area contributed by atoms with E-state index in [1.165, 1.54) is 0 Å². The van der Waals surface area contributed by atoms with Gasteiger partial charge in [-0.05, 0) is 12.3 Å². The molecular weight excluding hydrogens is 444 g/mol. The lowest BCUT2D eigenvalue weighted by Gasteiger charge is -2.25. The molecule has 0 rings (SSSR count). The number of aliphatic carboxylic acids is 1. The van der Waals surface area contributed by atoms with Crippen LogP contribution in [-0.2, 0) is 28.8 Å². The van der Waals surface area contributed by atoms with Gasteiger partial charge in [-0.15, -0.1) is 0 Å². The number of carbonyl (C=O) groups excluding carboxylic acids is 5. The average molecular weight is 477 g/mol. The van der Waals surface area contributed by atoms with E-state index < -0.39 is 66.1 Å². The smallest absolute Gasteiger partial charge is 0.326 e. The van der Waals surface area contributed by atoms with Gasteiger partial charge in [-0.3, -0.25) is 24.0 Å². The zero-order chi connectivity index (χ0) is 25.0. The van der Waals surface area contributed by atoms with Gasteiger partial charge in [0.2, 0.25) is 29.5 Å². The summed E-state index contributed by atoms with van der Waals surface area (Å²) in [7, 11) is 0. The predicted octanol–water partition coefficient (Wildman–Crippen LogP) is -3.03. The van der Waals surface area contributed by atoms with E-state index in [9.17, 15) is 28.8 Å². The SMILES string of the molecule is CCC(C)C(N)C(=O)NC(CS)C(=O)NC(CCC(N)=O)C(=O)NC(CC(N)=O)C(=O)O. The molecule has 0 saturated carbocycles. The standard InChI is InChI=1S/C18H32N6O7S/c1-3-8(2)14(21)17(29)24-11(7-32)16(28)22-9(4-5-12(19)25)15(27)23-10(18(30)31)6-13(20)26/h8-11,14,32H,3-7,21H2,1-2H3,(H2,19,25)(H2,20,26)(H,22,28)(H,23,27)(H,24,29)(H,30,31). The molecule has 10 N–H and O–H groups in total. The molecule has 5 unspecified atom stereocenters. The molecule has 5 atom stereocenters. The van der Waals surface area contributed by atoms with E-state index in [0.717, 1.165) is 0 Å². The number of hydrogen-bond donors (Lipinski definition) is 8. The Hall–Kier alpha value is -2.87. The lowest BCUT2D eigenvalue weighted by atomic mass is 9.99. The van der Waals surface area contributed by atoms with Gasteiger partial charge in [0.1, 0.15) is 18.1 Å². The summed E-state index contributed by atoms with van der Waals surface area (Å²) >= 11 is 4.03. The van der Waals surface area contributed by atoms with Crippen molar-refractivity contribution in [3.8, 4) is 0 Å². The Kier molecular flexibility index (Phi) is 13.0. The highest BCUT2D eigenvalue weighted by atomic mass is 32.1. The molecule has 0 aromatic heterocycles. The van der Waals surface area contributed by atoms with Gasteiger partial charge in [0.05, 0.1) is 12.5 Å². The van der Waals surface area contributed by atoms with Crippen LogP contribution in [0.25, 0.3) is 0 Å². The van der Waals surface area contributed by atoms with Gasteiger partial charge in [0, 0.05) is 12.2 Å². The number of carboxylic acid groups (broad SMARTS) is 1. The second-order valence-electron chi connectivity index (χ2n) is 7.29. The molecule has 14 heteroatoms. The third kappa shape index (κ3) is 10.4. The Morgan fingerprint density at radius 3 is 1.81 bits per heavy atom. The largest absolute Gasteiger partial charge is 0.480 e. The fourth-order valence-electron chi connectivity index (χ4n) is 2.48. The molecule has 0 bridgehead atoms. The van der Waals surface area contributed by atoms with Crippen LogP contribution in [0.1, 0.15) is 39.5 Å². The zero-order valence-electron chi connectivity index (χ0n) is 18.0. The van der Waals surface area contributed by atoms with Crippen molar-refractivity contribution >= 4 is 48.1 Å². The minimum Gasteiger partial charge on any atom is -0.480 e.